The third-order valence-electron chi connectivity index (χ3n) is 8.98. The average molecular weight is 833 g/mol. The first-order valence-corrected chi connectivity index (χ1v) is 20.0. The van der Waals surface area contributed by atoms with E-state index in [1.807, 2.05) is 30.3 Å². The number of halogens is 3. The first-order chi connectivity index (χ1) is 25.4. The number of hydrogen-bond donors (Lipinski definition) is 0. The second kappa shape index (κ2) is 19.1. The van der Waals surface area contributed by atoms with Crippen LogP contribution < -0.4 is 36.6 Å². The molecule has 0 N–H and O–H groups in total. The number of para-hydroxylation sites is 2. The van der Waals surface area contributed by atoms with E-state index < -0.39 is 22.5 Å². The van der Waals surface area contributed by atoms with Gasteiger partial charge in [-0.1, -0.05) is 111 Å². The predicted octanol–water partition coefficient (Wildman–Crippen LogP) is 9.93. The van der Waals surface area contributed by atoms with Crippen LogP contribution in [-0.2, 0) is 25.8 Å². The largest absolute Gasteiger partial charge is 2.00 e. The fourth-order valence-electron chi connectivity index (χ4n) is 6.64. The number of benzene rings is 7. The summed E-state index contributed by atoms with van der Waals surface area (Å²) in [7, 11) is -2.64. The quantitative estimate of drug-likeness (QED) is 0.0922. The molecule has 1 aliphatic rings. The summed E-state index contributed by atoms with van der Waals surface area (Å²) in [5, 5.41) is 8.05. The van der Waals surface area contributed by atoms with E-state index in [2.05, 4.69) is 178 Å². The van der Waals surface area contributed by atoms with Gasteiger partial charge in [0.2, 0.25) is 0 Å². The van der Waals surface area contributed by atoms with Gasteiger partial charge in [-0.05, 0) is 60.7 Å². The monoisotopic (exact) mass is 832 g/mol. The maximum atomic E-state index is 9.58. The Labute approximate surface area is 327 Å². The van der Waals surface area contributed by atoms with Gasteiger partial charge in [-0.3, -0.25) is 0 Å². The summed E-state index contributed by atoms with van der Waals surface area (Å²) < 4.78 is 36.0. The fourth-order valence-corrected chi connectivity index (χ4v) is 12.0. The Morgan fingerprint density at radius 1 is 0.453 bits per heavy atom. The van der Waals surface area contributed by atoms with Gasteiger partial charge in [0, 0.05) is 16.5 Å². The summed E-state index contributed by atoms with van der Waals surface area (Å²) in [6.45, 7) is 1.63. The Morgan fingerprint density at radius 3 is 1.02 bits per heavy atom. The summed E-state index contributed by atoms with van der Waals surface area (Å²) in [6, 6.07) is 70.0. The van der Waals surface area contributed by atoms with E-state index in [1.165, 1.54) is 43.0 Å². The molecule has 1 heterocycles. The van der Waals surface area contributed by atoms with Crippen molar-refractivity contribution in [1.82, 2.24) is 0 Å². The standard InChI is InChI=1S/C39H32OP2.C6H5.CF3.Pd/c1-39(2)33-25-15-27-35(41(29-17-7-3-8-18-29)30-19-9-4-10-20-30)37(33)40-38-34(39)26-16-28-36(38)42(31-21-11-5-12-22-31)32-23-13-6-14-24-32;1-2-4-6-5-3-1;2-1(3)4;/h3-28H,1-2H3;1-5H;;/q;2*-1;+2/p+2. The molecule has 0 atom stereocenters. The zero-order valence-electron chi connectivity index (χ0n) is 29.3. The van der Waals surface area contributed by atoms with Crippen molar-refractivity contribution in [2.75, 3.05) is 0 Å². The maximum absolute atomic E-state index is 9.58. The normalized spacial score (nSPS) is 12.2. The van der Waals surface area contributed by atoms with E-state index in [4.69, 9.17) is 4.74 Å². The molecule has 7 heteroatoms. The fraction of sp³-hybridized carbons (Fsp3) is 0.0652. The molecule has 0 saturated carbocycles. The Balaban J connectivity index is 0.000000432. The third kappa shape index (κ3) is 9.61. The van der Waals surface area contributed by atoms with Gasteiger partial charge in [-0.2, -0.15) is 36.4 Å². The van der Waals surface area contributed by atoms with Crippen LogP contribution in [0, 0.1) is 12.7 Å². The molecule has 268 valence electrons. The number of fused-ring (bicyclic) bond motifs is 2. The molecule has 0 fully saturated rings. The molecule has 53 heavy (non-hydrogen) atoms. The molecule has 0 unspecified atom stereocenters. The van der Waals surface area contributed by atoms with Gasteiger partial charge in [-0.15, -0.1) is 0 Å². The Kier molecular flexibility index (Phi) is 14.4. The first kappa shape index (κ1) is 39.9. The van der Waals surface area contributed by atoms with Gasteiger partial charge in [0.05, 0.1) is 0 Å². The van der Waals surface area contributed by atoms with Crippen LogP contribution in [0.5, 0.6) is 11.5 Å². The molecule has 1 aliphatic heterocycles. The molecule has 0 spiro atoms. The summed E-state index contributed by atoms with van der Waals surface area (Å²) in [6.07, 6.45) is 0. The van der Waals surface area contributed by atoms with Crippen molar-refractivity contribution >= 4 is 47.7 Å². The number of hydrogen-bond acceptors (Lipinski definition) is 1. The van der Waals surface area contributed by atoms with Crippen molar-refractivity contribution < 1.29 is 38.3 Å². The smallest absolute Gasteiger partial charge is 0.448 e. The number of ether oxygens (including phenoxy) is 1. The van der Waals surface area contributed by atoms with E-state index in [9.17, 15) is 13.2 Å². The molecule has 7 aromatic rings. The van der Waals surface area contributed by atoms with Gasteiger partial charge in [0.1, 0.15) is 47.7 Å². The molecule has 0 amide bonds. The zero-order valence-corrected chi connectivity index (χ0v) is 32.8. The third-order valence-corrected chi connectivity index (χ3v) is 14.5. The molecule has 0 saturated heterocycles. The minimum atomic E-state index is -3.08. The summed E-state index contributed by atoms with van der Waals surface area (Å²) in [5.41, 5.74) is 2.30. The van der Waals surface area contributed by atoms with Gasteiger partial charge >= 0.3 is 20.4 Å². The molecule has 0 radical (unpaired) electrons. The second-order valence-corrected chi connectivity index (χ2v) is 17.5. The average Bonchev–Trinajstić information content (AvgIpc) is 3.18. The van der Waals surface area contributed by atoms with Crippen molar-refractivity contribution in [2.24, 2.45) is 0 Å². The van der Waals surface area contributed by atoms with E-state index in [1.54, 1.807) is 0 Å². The van der Waals surface area contributed by atoms with Crippen LogP contribution in [0.3, 0.4) is 0 Å². The van der Waals surface area contributed by atoms with Crippen molar-refractivity contribution in [3.8, 4) is 11.5 Å². The van der Waals surface area contributed by atoms with Crippen LogP contribution in [0.1, 0.15) is 25.0 Å². The van der Waals surface area contributed by atoms with E-state index in [0.29, 0.717) is 0 Å². The first-order valence-electron chi connectivity index (χ1n) is 17.0. The van der Waals surface area contributed by atoms with Gasteiger partial charge in [0.15, 0.2) is 18.2 Å². The van der Waals surface area contributed by atoms with E-state index >= 15 is 0 Å². The van der Waals surface area contributed by atoms with Crippen molar-refractivity contribution in [3.05, 3.63) is 212 Å². The summed E-state index contributed by atoms with van der Waals surface area (Å²) in [4.78, 5) is 0. The molecular weight excluding hydrogens is 794 g/mol. The van der Waals surface area contributed by atoms with Crippen molar-refractivity contribution in [2.45, 2.75) is 19.3 Å². The minimum absolute atomic E-state index is 0. The van der Waals surface area contributed by atoms with Crippen LogP contribution in [0.15, 0.2) is 188 Å². The van der Waals surface area contributed by atoms with Crippen LogP contribution in [0.2, 0.25) is 0 Å². The van der Waals surface area contributed by atoms with Crippen molar-refractivity contribution in [1.29, 1.82) is 0 Å². The number of rotatable bonds is 6. The van der Waals surface area contributed by atoms with Crippen molar-refractivity contribution in [3.63, 3.8) is 0 Å². The SMILES string of the molecule is CC1(C)c2cccc([PH+](c3ccccc3)c3ccccc3)c2Oc2c([PH+](c3ccccc3)c3ccccc3)cccc21.F[C-](F)F.[Pd+2].[c-]1ccccc1. The molecule has 1 nitrogen and oxygen atoms in total. The summed E-state index contributed by atoms with van der Waals surface area (Å²) in [5.74, 6) is 2.07. The second-order valence-electron chi connectivity index (χ2n) is 12.6. The zero-order chi connectivity index (χ0) is 36.3. The van der Waals surface area contributed by atoms with E-state index in [-0.39, 0.29) is 25.8 Å². The summed E-state index contributed by atoms with van der Waals surface area (Å²) >= 11 is 0. The maximum Gasteiger partial charge on any atom is 2.00 e. The molecule has 7 aromatic carbocycles. The molecule has 0 bridgehead atoms. The Morgan fingerprint density at radius 2 is 0.755 bits per heavy atom. The van der Waals surface area contributed by atoms with Gasteiger partial charge in [0.25, 0.3) is 0 Å². The van der Waals surface area contributed by atoms with Crippen LogP contribution >= 0.6 is 15.8 Å². The molecule has 0 aliphatic carbocycles. The molecular formula is C46H39F3OP2Pd+2. The molecule has 0 aromatic heterocycles. The van der Waals surface area contributed by atoms with Crippen LogP contribution in [0.4, 0.5) is 13.2 Å². The Hall–Kier alpha value is -4.35. The van der Waals surface area contributed by atoms with Gasteiger partial charge in [-0.25, -0.2) is 0 Å². The van der Waals surface area contributed by atoms with Crippen LogP contribution in [0.25, 0.3) is 0 Å². The Bertz CT molecular complexity index is 1890. The topological polar surface area (TPSA) is 9.23 Å². The predicted molar refractivity (Wildman–Crippen MR) is 217 cm³/mol. The van der Waals surface area contributed by atoms with Gasteiger partial charge < -0.3 is 17.9 Å². The molecule has 8 rings (SSSR count). The minimum Gasteiger partial charge on any atom is -0.448 e. The van der Waals surface area contributed by atoms with Crippen LogP contribution in [-0.4, -0.2) is 0 Å². The van der Waals surface area contributed by atoms with E-state index in [0.717, 1.165) is 11.5 Å².